The summed E-state index contributed by atoms with van der Waals surface area (Å²) in [6, 6.07) is 11.3. The maximum absolute atomic E-state index is 12.8. The lowest BCUT2D eigenvalue weighted by molar-refractivity contribution is 0.0730. The molecule has 4 rings (SSSR count). The summed E-state index contributed by atoms with van der Waals surface area (Å²) in [7, 11) is -3.49. The van der Waals surface area contributed by atoms with Crippen LogP contribution >= 0.6 is 22.7 Å². The average molecular weight is 464 g/mol. The number of aromatic nitrogens is 1. The van der Waals surface area contributed by atoms with Gasteiger partial charge in [-0.1, -0.05) is 13.0 Å². The van der Waals surface area contributed by atoms with Gasteiger partial charge in [0.05, 0.1) is 34.4 Å². The van der Waals surface area contributed by atoms with Crippen molar-refractivity contribution in [3.63, 3.8) is 0 Å². The zero-order valence-corrected chi connectivity index (χ0v) is 19.5. The van der Waals surface area contributed by atoms with Crippen molar-refractivity contribution in [3.05, 3.63) is 52.0 Å². The Hall–Kier alpha value is -1.78. The first kappa shape index (κ1) is 21.5. The van der Waals surface area contributed by atoms with Gasteiger partial charge in [-0.3, -0.25) is 0 Å². The third-order valence-electron chi connectivity index (χ3n) is 5.22. The van der Waals surface area contributed by atoms with E-state index in [4.69, 9.17) is 9.73 Å². The van der Waals surface area contributed by atoms with Crippen molar-refractivity contribution in [1.82, 2.24) is 8.87 Å². The highest BCUT2D eigenvalue weighted by molar-refractivity contribution is 7.89. The number of benzene rings is 1. The normalized spacial score (nSPS) is 17.3. The Morgan fingerprint density at radius 2 is 1.87 bits per heavy atom. The van der Waals surface area contributed by atoms with E-state index < -0.39 is 10.0 Å². The van der Waals surface area contributed by atoms with Crippen LogP contribution in [0.25, 0.3) is 10.6 Å². The number of hydrogen-bond donors (Lipinski definition) is 0. The second-order valence-corrected chi connectivity index (χ2v) is 10.9. The van der Waals surface area contributed by atoms with Crippen LogP contribution in [0.3, 0.4) is 0 Å². The number of thiophene rings is 1. The van der Waals surface area contributed by atoms with Gasteiger partial charge in [0.25, 0.3) is 0 Å². The third kappa shape index (κ3) is 4.31. The van der Waals surface area contributed by atoms with Gasteiger partial charge >= 0.3 is 0 Å². The Morgan fingerprint density at radius 1 is 1.13 bits per heavy atom. The largest absolute Gasteiger partial charge is 0.379 e. The molecular weight excluding hydrogens is 438 g/mol. The second kappa shape index (κ2) is 9.15. The molecule has 1 saturated heterocycles. The smallest absolute Gasteiger partial charge is 0.243 e. The summed E-state index contributed by atoms with van der Waals surface area (Å²) in [5, 5.41) is 4.23. The zero-order chi connectivity index (χ0) is 21.1. The van der Waals surface area contributed by atoms with Crippen molar-refractivity contribution < 1.29 is 13.2 Å². The molecule has 1 fully saturated rings. The molecule has 3 aromatic rings. The minimum absolute atomic E-state index is 0.295. The minimum atomic E-state index is -3.49. The maximum atomic E-state index is 12.8. The molecule has 1 aromatic carbocycles. The van der Waals surface area contributed by atoms with Crippen LogP contribution in [-0.4, -0.2) is 43.6 Å². The first-order valence-corrected chi connectivity index (χ1v) is 13.2. The van der Waals surface area contributed by atoms with Crippen LogP contribution in [-0.2, 0) is 14.8 Å². The van der Waals surface area contributed by atoms with E-state index in [1.807, 2.05) is 0 Å². The minimum Gasteiger partial charge on any atom is -0.379 e. The molecule has 1 aliphatic rings. The van der Waals surface area contributed by atoms with E-state index in [-0.39, 0.29) is 0 Å². The Bertz CT molecular complexity index is 1140. The van der Waals surface area contributed by atoms with Gasteiger partial charge in [-0.25, -0.2) is 13.4 Å². The summed E-state index contributed by atoms with van der Waals surface area (Å²) in [6.45, 7) is 6.03. The van der Waals surface area contributed by atoms with Crippen LogP contribution < -0.4 is 4.80 Å². The molecule has 1 aliphatic heterocycles. The number of sulfonamides is 1. The summed E-state index contributed by atoms with van der Waals surface area (Å²) in [6.07, 6.45) is 0.999. The summed E-state index contributed by atoms with van der Waals surface area (Å²) in [4.78, 5) is 7.26. The van der Waals surface area contributed by atoms with Crippen molar-refractivity contribution in [2.45, 2.75) is 31.2 Å². The van der Waals surface area contributed by atoms with Crippen molar-refractivity contribution in [3.8, 4) is 10.6 Å². The first-order chi connectivity index (χ1) is 14.5. The second-order valence-electron chi connectivity index (χ2n) is 7.13. The molecular formula is C21H25N3O3S3. The van der Waals surface area contributed by atoms with Crippen molar-refractivity contribution in [2.75, 3.05) is 26.3 Å². The van der Waals surface area contributed by atoms with E-state index in [1.54, 1.807) is 46.9 Å². The molecule has 1 unspecified atom stereocenters. The highest BCUT2D eigenvalue weighted by Gasteiger charge is 2.26. The predicted octanol–water partition coefficient (Wildman–Crippen LogP) is 4.50. The van der Waals surface area contributed by atoms with Crippen LogP contribution in [0, 0.1) is 0 Å². The molecule has 2 aromatic heterocycles. The maximum Gasteiger partial charge on any atom is 0.243 e. The molecule has 0 bridgehead atoms. The molecule has 0 N–H and O–H groups in total. The van der Waals surface area contributed by atoms with Gasteiger partial charge in [-0.2, -0.15) is 4.31 Å². The lowest BCUT2D eigenvalue weighted by Gasteiger charge is -2.26. The van der Waals surface area contributed by atoms with Crippen molar-refractivity contribution >= 4 is 38.4 Å². The quantitative estimate of drug-likeness (QED) is 0.541. The molecule has 3 heterocycles. The highest BCUT2D eigenvalue weighted by atomic mass is 32.2. The number of morpholine rings is 1. The summed E-state index contributed by atoms with van der Waals surface area (Å²) in [5.41, 5.74) is 1.92. The van der Waals surface area contributed by atoms with Gasteiger partial charge in [0, 0.05) is 24.5 Å². The van der Waals surface area contributed by atoms with Crippen LogP contribution in [0.4, 0.5) is 5.69 Å². The van der Waals surface area contributed by atoms with Gasteiger partial charge < -0.3 is 9.30 Å². The van der Waals surface area contributed by atoms with E-state index in [1.165, 1.54) is 14.9 Å². The Labute approximate surface area is 185 Å². The molecule has 0 amide bonds. The summed E-state index contributed by atoms with van der Waals surface area (Å²) in [5.74, 6) is 0. The number of ether oxygens (including phenoxy) is 1. The first-order valence-electron chi connectivity index (χ1n) is 9.97. The van der Waals surface area contributed by atoms with Crippen LogP contribution in [0.5, 0.6) is 0 Å². The van der Waals surface area contributed by atoms with Gasteiger partial charge in [-0.05, 0) is 49.1 Å². The molecule has 0 spiro atoms. The molecule has 160 valence electrons. The Kier molecular flexibility index (Phi) is 6.54. The van der Waals surface area contributed by atoms with Crippen LogP contribution in [0.2, 0.25) is 0 Å². The number of nitrogens with zero attached hydrogens (tertiary/aromatic N) is 3. The van der Waals surface area contributed by atoms with E-state index >= 15 is 0 Å². The van der Waals surface area contributed by atoms with Crippen LogP contribution in [0.1, 0.15) is 26.3 Å². The number of rotatable bonds is 6. The number of thiazole rings is 1. The van der Waals surface area contributed by atoms with Crippen molar-refractivity contribution in [2.24, 2.45) is 4.99 Å². The lowest BCUT2D eigenvalue weighted by atomic mass is 10.2. The molecule has 30 heavy (non-hydrogen) atoms. The summed E-state index contributed by atoms with van der Waals surface area (Å²) >= 11 is 3.33. The standard InChI is InChI=1S/C21H25N3O3S3/c1-3-16(2)24-19(20-5-4-14-28-20)15-29-21(24)22-17-6-8-18(9-7-17)30(25,26)23-10-12-27-13-11-23/h4-9,14-16H,3,10-13H2,1-2H3. The molecule has 0 aliphatic carbocycles. The van der Waals surface area contributed by atoms with Gasteiger partial charge in [-0.15, -0.1) is 22.7 Å². The van der Waals surface area contributed by atoms with Gasteiger partial charge in [0.2, 0.25) is 10.0 Å². The molecule has 9 heteroatoms. The Morgan fingerprint density at radius 3 is 2.50 bits per heavy atom. The van der Waals surface area contributed by atoms with Gasteiger partial charge in [0.15, 0.2) is 4.80 Å². The molecule has 6 nitrogen and oxygen atoms in total. The fourth-order valence-corrected chi connectivity index (χ4v) is 6.58. The highest BCUT2D eigenvalue weighted by Crippen LogP contribution is 2.29. The zero-order valence-electron chi connectivity index (χ0n) is 17.0. The molecule has 0 saturated carbocycles. The van der Waals surface area contributed by atoms with Gasteiger partial charge in [0.1, 0.15) is 0 Å². The fraction of sp³-hybridized carbons (Fsp3) is 0.381. The molecule has 0 radical (unpaired) electrons. The molecule has 1 atom stereocenters. The van der Waals surface area contributed by atoms with Crippen LogP contribution in [0.15, 0.2) is 57.0 Å². The average Bonchev–Trinajstić information content (AvgIpc) is 3.44. The van der Waals surface area contributed by atoms with E-state index in [0.29, 0.717) is 37.2 Å². The predicted molar refractivity (Wildman–Crippen MR) is 122 cm³/mol. The van der Waals surface area contributed by atoms with E-state index in [2.05, 4.69) is 41.3 Å². The SMILES string of the molecule is CCC(C)n1c(-c2cccs2)csc1=Nc1ccc(S(=O)(=O)N2CCOCC2)cc1. The Balaban J connectivity index is 1.67. The fourth-order valence-electron chi connectivity index (χ4n) is 3.35. The summed E-state index contributed by atoms with van der Waals surface area (Å²) < 4.78 is 34.6. The van der Waals surface area contributed by atoms with E-state index in [0.717, 1.165) is 16.9 Å². The van der Waals surface area contributed by atoms with Crippen molar-refractivity contribution in [1.29, 1.82) is 0 Å². The van der Waals surface area contributed by atoms with E-state index in [9.17, 15) is 8.42 Å². The monoisotopic (exact) mass is 463 g/mol. The lowest BCUT2D eigenvalue weighted by Crippen LogP contribution is -2.40. The topological polar surface area (TPSA) is 63.9 Å². The number of hydrogen-bond acceptors (Lipinski definition) is 6. The third-order valence-corrected chi connectivity index (χ3v) is 8.86.